The summed E-state index contributed by atoms with van der Waals surface area (Å²) in [7, 11) is 0. The summed E-state index contributed by atoms with van der Waals surface area (Å²) < 4.78 is 2.59. The van der Waals surface area contributed by atoms with Gasteiger partial charge in [0.2, 0.25) is 0 Å². The van der Waals surface area contributed by atoms with Gasteiger partial charge in [0, 0.05) is 29.7 Å². The molecule has 0 radical (unpaired) electrons. The maximum atomic E-state index is 11.9. The minimum Gasteiger partial charge on any atom is -0.265 e. The van der Waals surface area contributed by atoms with Gasteiger partial charge in [0.1, 0.15) is 0 Å². The van der Waals surface area contributed by atoms with Crippen molar-refractivity contribution >= 4 is 102 Å². The molecule has 0 N–H and O–H groups in total. The van der Waals surface area contributed by atoms with Crippen molar-refractivity contribution in [3.63, 3.8) is 0 Å². The lowest BCUT2D eigenvalue weighted by Gasteiger charge is -2.06. The molecular weight excluding hydrogens is 453 g/mol. The lowest BCUT2D eigenvalue weighted by Crippen LogP contribution is -1.80. The van der Waals surface area contributed by atoms with E-state index < -0.39 is 0 Å². The van der Waals surface area contributed by atoms with Crippen LogP contribution >= 0.6 is 92.4 Å². The fraction of sp³-hybridized carbons (Fsp3) is 0.400. The molecule has 0 atom stereocenters. The van der Waals surface area contributed by atoms with Gasteiger partial charge in [-0.2, -0.15) is 23.5 Å². The highest BCUT2D eigenvalue weighted by Gasteiger charge is 2.23. The van der Waals surface area contributed by atoms with E-state index in [9.17, 15) is 4.79 Å². The third-order valence-corrected chi connectivity index (χ3v) is 12.8. The predicted octanol–water partition coefficient (Wildman–Crippen LogP) is 7.56. The molecule has 9 heteroatoms. The molecule has 0 fully saturated rings. The molecule has 0 aliphatic heterocycles. The summed E-state index contributed by atoms with van der Waals surface area (Å²) in [6, 6.07) is 0. The molecule has 0 unspecified atom stereocenters. The largest absolute Gasteiger partial charge is 0.288 e. The topological polar surface area (TPSA) is 17.1 Å². The molecule has 0 amide bonds. The Balaban J connectivity index is 2.16. The zero-order valence-corrected chi connectivity index (χ0v) is 20.1. The summed E-state index contributed by atoms with van der Waals surface area (Å²) in [6.45, 7) is 4.37. The van der Waals surface area contributed by atoms with Crippen molar-refractivity contribution in [2.24, 2.45) is 0 Å². The van der Waals surface area contributed by atoms with Gasteiger partial charge in [-0.15, -0.1) is 46.2 Å². The highest BCUT2D eigenvalue weighted by atomic mass is 32.2. The van der Waals surface area contributed by atoms with E-state index in [-0.39, 0.29) is 4.06 Å². The van der Waals surface area contributed by atoms with E-state index in [2.05, 4.69) is 26.4 Å². The first kappa shape index (κ1) is 19.7. The van der Waals surface area contributed by atoms with Crippen molar-refractivity contribution in [1.29, 1.82) is 0 Å². The predicted molar refractivity (Wildman–Crippen MR) is 125 cm³/mol. The summed E-state index contributed by atoms with van der Waals surface area (Å²) in [4.78, 5) is 20.1. The fourth-order valence-electron chi connectivity index (χ4n) is 2.25. The van der Waals surface area contributed by atoms with E-state index in [0.717, 1.165) is 10.2 Å². The monoisotopic (exact) mass is 468 g/mol. The van der Waals surface area contributed by atoms with Crippen molar-refractivity contribution in [2.45, 2.75) is 23.6 Å². The van der Waals surface area contributed by atoms with Gasteiger partial charge in [-0.05, 0) is 26.4 Å². The molecule has 130 valence electrons. The van der Waals surface area contributed by atoms with Crippen LogP contribution in [0.2, 0.25) is 0 Å². The van der Waals surface area contributed by atoms with Crippen LogP contribution in [0.15, 0.2) is 14.6 Å². The Labute approximate surface area is 175 Å². The molecule has 0 saturated heterocycles. The zero-order chi connectivity index (χ0) is 17.3. The number of hydrogen-bond donors (Lipinski definition) is 0. The first-order valence-corrected chi connectivity index (χ1v) is 15.0. The molecule has 0 aromatic carbocycles. The van der Waals surface area contributed by atoms with Gasteiger partial charge in [-0.3, -0.25) is 4.79 Å². The van der Waals surface area contributed by atoms with Crippen molar-refractivity contribution < 1.29 is 0 Å². The molecule has 0 aliphatic carbocycles. The first-order valence-electron chi connectivity index (χ1n) is 6.97. The Hall–Kier alpha value is 0.910. The molecule has 3 aromatic rings. The van der Waals surface area contributed by atoms with E-state index in [1.807, 2.05) is 69.7 Å². The molecule has 3 rings (SSSR count). The molecule has 0 bridgehead atoms. The van der Waals surface area contributed by atoms with Crippen LogP contribution in [0.1, 0.15) is 9.75 Å². The Morgan fingerprint density at radius 1 is 0.750 bits per heavy atom. The quantitative estimate of drug-likeness (QED) is 0.262. The van der Waals surface area contributed by atoms with Gasteiger partial charge in [-0.1, -0.05) is 22.7 Å². The summed E-state index contributed by atoms with van der Waals surface area (Å²) in [5.41, 5.74) is 0. The minimum atomic E-state index is 0.209. The molecule has 24 heavy (non-hydrogen) atoms. The van der Waals surface area contributed by atoms with Gasteiger partial charge in [-0.25, -0.2) is 0 Å². The van der Waals surface area contributed by atoms with Crippen LogP contribution in [0.25, 0.3) is 19.2 Å². The van der Waals surface area contributed by atoms with Crippen LogP contribution in [0.4, 0.5) is 0 Å². The van der Waals surface area contributed by atoms with Gasteiger partial charge in [0.25, 0.3) is 4.06 Å². The Morgan fingerprint density at radius 2 is 1.33 bits per heavy atom. The highest BCUT2D eigenvalue weighted by molar-refractivity contribution is 8.17. The molecule has 0 aliphatic rings. The number of thioether (sulfide) groups is 4. The number of aryl methyl sites for hydroxylation is 2. The second-order valence-corrected chi connectivity index (χ2v) is 14.0. The maximum Gasteiger partial charge on any atom is 0.288 e. The summed E-state index contributed by atoms with van der Waals surface area (Å²) >= 11 is 14.2. The lowest BCUT2D eigenvalue weighted by molar-refractivity contribution is 1.28. The molecule has 0 spiro atoms. The number of hydrogen-bond acceptors (Lipinski definition) is 9. The number of fused-ring (bicyclic) bond motifs is 1. The third-order valence-electron chi connectivity index (χ3n) is 3.19. The molecule has 3 aromatic heterocycles. The molecule has 0 saturated carbocycles. The van der Waals surface area contributed by atoms with E-state index in [4.69, 9.17) is 0 Å². The van der Waals surface area contributed by atoms with Gasteiger partial charge >= 0.3 is 0 Å². The summed E-state index contributed by atoms with van der Waals surface area (Å²) in [5, 5.41) is 2.14. The second-order valence-electron chi connectivity index (χ2n) is 4.85. The molecule has 1 nitrogen and oxygen atoms in total. The first-order chi connectivity index (χ1) is 11.6. The van der Waals surface area contributed by atoms with Crippen LogP contribution in [0.3, 0.4) is 0 Å². The fourth-order valence-corrected chi connectivity index (χ4v) is 11.0. The van der Waals surface area contributed by atoms with Crippen LogP contribution in [0, 0.1) is 13.8 Å². The summed E-state index contributed by atoms with van der Waals surface area (Å²) in [6.07, 6.45) is 4.30. The Morgan fingerprint density at radius 3 is 2.00 bits per heavy atom. The van der Waals surface area contributed by atoms with E-state index in [1.54, 1.807) is 0 Å². The van der Waals surface area contributed by atoms with Crippen molar-refractivity contribution in [3.05, 3.63) is 18.6 Å². The average Bonchev–Trinajstić information content (AvgIpc) is 3.17. The SMILES string of the molecule is CSCSc1c(C)sc(-c2sc(C)c3sc(=O)sc23)c1SCSC. The smallest absolute Gasteiger partial charge is 0.265 e. The maximum absolute atomic E-state index is 11.9. The van der Waals surface area contributed by atoms with Crippen LogP contribution < -0.4 is 4.06 Å². The summed E-state index contributed by atoms with van der Waals surface area (Å²) in [5.74, 6) is 0. The molecular formula is C15H16OS8. The van der Waals surface area contributed by atoms with Crippen molar-refractivity contribution in [1.82, 2.24) is 0 Å². The Kier molecular flexibility index (Phi) is 7.16. The van der Waals surface area contributed by atoms with Crippen molar-refractivity contribution in [2.75, 3.05) is 22.7 Å². The standard InChI is InChI=1S/C15H16OS8/c1-7-9(19-5-17-3)11(20-6-18-4)13(21-7)14-12-10(8(2)22-14)23-15(16)24-12/h5-6H2,1-4H3. The average molecular weight is 469 g/mol. The molecule has 3 heterocycles. The van der Waals surface area contributed by atoms with Crippen LogP contribution in [-0.2, 0) is 0 Å². The Bertz CT molecular complexity index is 897. The lowest BCUT2D eigenvalue weighted by atomic mass is 10.3. The van der Waals surface area contributed by atoms with Gasteiger partial charge in [0.15, 0.2) is 0 Å². The number of thiophene rings is 2. The van der Waals surface area contributed by atoms with Gasteiger partial charge < -0.3 is 0 Å². The van der Waals surface area contributed by atoms with E-state index >= 15 is 0 Å². The zero-order valence-electron chi connectivity index (χ0n) is 13.6. The van der Waals surface area contributed by atoms with Crippen LogP contribution in [-0.4, -0.2) is 22.7 Å². The second kappa shape index (κ2) is 8.73. The van der Waals surface area contributed by atoms with E-state index in [1.165, 1.54) is 61.4 Å². The minimum absolute atomic E-state index is 0.209. The highest BCUT2D eigenvalue weighted by Crippen LogP contribution is 2.52. The van der Waals surface area contributed by atoms with Crippen molar-refractivity contribution in [3.8, 4) is 9.75 Å². The number of rotatable bonds is 7. The normalized spacial score (nSPS) is 11.7. The third kappa shape index (κ3) is 3.93. The van der Waals surface area contributed by atoms with Gasteiger partial charge in [0.05, 0.1) is 19.2 Å². The van der Waals surface area contributed by atoms with Crippen LogP contribution in [0.5, 0.6) is 0 Å². The van der Waals surface area contributed by atoms with E-state index in [0.29, 0.717) is 0 Å².